The Morgan fingerprint density at radius 3 is 2.42 bits per heavy atom. The van der Waals surface area contributed by atoms with Crippen LogP contribution in [0.2, 0.25) is 0 Å². The van der Waals surface area contributed by atoms with E-state index in [1.807, 2.05) is 0 Å². The van der Waals surface area contributed by atoms with Gasteiger partial charge in [0.2, 0.25) is 11.8 Å². The number of anilines is 1. The van der Waals surface area contributed by atoms with E-state index in [-0.39, 0.29) is 36.4 Å². The van der Waals surface area contributed by atoms with E-state index < -0.39 is 60.0 Å². The molecule has 1 aliphatic rings. The number of aliphatic carboxylic acids is 1. The van der Waals surface area contributed by atoms with Crippen molar-refractivity contribution < 1.29 is 47.0 Å². The summed E-state index contributed by atoms with van der Waals surface area (Å²) in [5, 5.41) is 12.3. The lowest BCUT2D eigenvalue weighted by Crippen LogP contribution is -2.58. The topological polar surface area (TPSA) is 154 Å². The molecule has 260 valence electrons. The normalized spacial score (nSPS) is 17.2. The van der Waals surface area contributed by atoms with Crippen LogP contribution in [-0.4, -0.2) is 70.4 Å². The number of carbonyl (C=O) groups is 4. The van der Waals surface area contributed by atoms with Gasteiger partial charge in [0.05, 0.1) is 17.9 Å². The molecule has 0 bridgehead atoms. The van der Waals surface area contributed by atoms with Crippen molar-refractivity contribution in [1.29, 1.82) is 0 Å². The zero-order chi connectivity index (χ0) is 35.6. The van der Waals surface area contributed by atoms with Gasteiger partial charge in [0, 0.05) is 33.5 Å². The number of hydrogen-bond donors (Lipinski definition) is 3. The quantitative estimate of drug-likeness (QED) is 0.175. The van der Waals surface area contributed by atoms with E-state index in [0.717, 1.165) is 27.9 Å². The number of hydrogen-bond acceptors (Lipinski definition) is 7. The molecule has 11 nitrogen and oxygen atoms in total. The molecule has 0 aliphatic carbocycles. The highest BCUT2D eigenvalue weighted by atomic mass is 79.9. The summed E-state index contributed by atoms with van der Waals surface area (Å²) in [4.78, 5) is 65.7. The SMILES string of the molecule is CCOP(=O)(O)C(F)(F)c1ccc2sc(C(=O)NC(C(=O)N3CCC[C@H]3C(=O)N(CCC(=O)O)c3ccc(Br)cc3)C(C)(C)C)cc2c1. The van der Waals surface area contributed by atoms with E-state index in [0.29, 0.717) is 23.2 Å². The predicted octanol–water partition coefficient (Wildman–Crippen LogP) is 6.58. The van der Waals surface area contributed by atoms with Crippen LogP contribution in [0, 0.1) is 5.41 Å². The average Bonchev–Trinajstić information content (AvgIpc) is 3.67. The van der Waals surface area contributed by atoms with Crippen LogP contribution in [0.1, 0.15) is 62.2 Å². The number of halogens is 3. The molecule has 1 fully saturated rings. The van der Waals surface area contributed by atoms with E-state index in [1.165, 1.54) is 28.9 Å². The number of thiophene rings is 1. The van der Waals surface area contributed by atoms with Gasteiger partial charge in [-0.3, -0.25) is 23.7 Å². The minimum Gasteiger partial charge on any atom is -0.481 e. The van der Waals surface area contributed by atoms with E-state index >= 15 is 0 Å². The van der Waals surface area contributed by atoms with E-state index in [4.69, 9.17) is 0 Å². The Labute approximate surface area is 288 Å². The molecule has 3 N–H and O–H groups in total. The van der Waals surface area contributed by atoms with Crippen molar-refractivity contribution >= 4 is 74.3 Å². The lowest BCUT2D eigenvalue weighted by atomic mass is 9.85. The lowest BCUT2D eigenvalue weighted by Gasteiger charge is -2.36. The molecule has 3 atom stereocenters. The Morgan fingerprint density at radius 2 is 1.81 bits per heavy atom. The van der Waals surface area contributed by atoms with Gasteiger partial charge in [-0.05, 0) is 73.0 Å². The number of carboxylic acids is 1. The maximum Gasteiger partial charge on any atom is 0.401 e. The summed E-state index contributed by atoms with van der Waals surface area (Å²) in [6.07, 6.45) is 0.569. The fourth-order valence-electron chi connectivity index (χ4n) is 5.44. The molecule has 1 aliphatic heterocycles. The molecular formula is C32H37BrF2N3O8PS. The molecule has 0 saturated carbocycles. The van der Waals surface area contributed by atoms with Crippen molar-refractivity contribution in [1.82, 2.24) is 10.2 Å². The Morgan fingerprint density at radius 1 is 1.15 bits per heavy atom. The Kier molecular flexibility index (Phi) is 11.5. The van der Waals surface area contributed by atoms with Gasteiger partial charge >= 0.3 is 19.2 Å². The number of nitrogens with one attached hydrogen (secondary N) is 1. The zero-order valence-electron chi connectivity index (χ0n) is 26.7. The van der Waals surface area contributed by atoms with Gasteiger partial charge in [0.15, 0.2) is 0 Å². The van der Waals surface area contributed by atoms with Gasteiger partial charge in [-0.15, -0.1) is 11.3 Å². The lowest BCUT2D eigenvalue weighted by molar-refractivity contribution is -0.141. The summed E-state index contributed by atoms with van der Waals surface area (Å²) in [5.41, 5.74) is -5.26. The van der Waals surface area contributed by atoms with Crippen LogP contribution in [0.15, 0.2) is 53.0 Å². The predicted molar refractivity (Wildman–Crippen MR) is 181 cm³/mol. The molecule has 1 aromatic heterocycles. The second kappa shape index (κ2) is 14.7. The minimum atomic E-state index is -5.32. The highest BCUT2D eigenvalue weighted by molar-refractivity contribution is 9.10. The largest absolute Gasteiger partial charge is 0.481 e. The molecule has 0 spiro atoms. The van der Waals surface area contributed by atoms with Crippen molar-refractivity contribution in [2.75, 3.05) is 24.6 Å². The van der Waals surface area contributed by atoms with E-state index in [2.05, 4.69) is 25.8 Å². The minimum absolute atomic E-state index is 0.102. The molecule has 2 aromatic carbocycles. The molecule has 3 aromatic rings. The number of carbonyl (C=O) groups excluding carboxylic acids is 3. The second-order valence-corrected chi connectivity index (χ2v) is 16.3. The van der Waals surface area contributed by atoms with Gasteiger partial charge < -0.3 is 29.6 Å². The molecule has 16 heteroatoms. The van der Waals surface area contributed by atoms with E-state index in [9.17, 15) is 42.5 Å². The molecule has 2 heterocycles. The first-order valence-corrected chi connectivity index (χ1v) is 18.4. The number of fused-ring (bicyclic) bond motifs is 1. The highest BCUT2D eigenvalue weighted by Crippen LogP contribution is 2.63. The molecule has 2 unspecified atom stereocenters. The number of likely N-dealkylation sites (tertiary alicyclic amines) is 1. The van der Waals surface area contributed by atoms with Crippen molar-refractivity contribution in [3.63, 3.8) is 0 Å². The Balaban J connectivity index is 1.58. The van der Waals surface area contributed by atoms with Crippen molar-refractivity contribution in [3.8, 4) is 0 Å². The third-order valence-corrected chi connectivity index (χ3v) is 11.1. The van der Waals surface area contributed by atoms with Crippen LogP contribution in [0.3, 0.4) is 0 Å². The summed E-state index contributed by atoms with van der Waals surface area (Å²) in [6, 6.07) is 9.55. The van der Waals surface area contributed by atoms with Gasteiger partial charge in [0.1, 0.15) is 12.1 Å². The van der Waals surface area contributed by atoms with Gasteiger partial charge in [-0.2, -0.15) is 8.78 Å². The summed E-state index contributed by atoms with van der Waals surface area (Å²) >= 11 is 4.35. The van der Waals surface area contributed by atoms with Crippen LogP contribution in [-0.2, 0) is 29.1 Å². The number of benzene rings is 2. The van der Waals surface area contributed by atoms with Crippen LogP contribution >= 0.6 is 34.9 Å². The fourth-order valence-corrected chi connectivity index (χ4v) is 7.63. The molecule has 1 saturated heterocycles. The van der Waals surface area contributed by atoms with Crippen LogP contribution < -0.4 is 10.2 Å². The third-order valence-electron chi connectivity index (χ3n) is 7.91. The number of amides is 3. The smallest absolute Gasteiger partial charge is 0.401 e. The fraction of sp³-hybridized carbons (Fsp3) is 0.438. The maximum atomic E-state index is 14.9. The van der Waals surface area contributed by atoms with Crippen LogP contribution in [0.5, 0.6) is 0 Å². The number of alkyl halides is 2. The first-order valence-electron chi connectivity index (χ1n) is 15.2. The number of rotatable bonds is 12. The van der Waals surface area contributed by atoms with Crippen molar-refractivity contribution in [3.05, 3.63) is 63.4 Å². The van der Waals surface area contributed by atoms with Gasteiger partial charge in [-0.25, -0.2) is 0 Å². The summed E-state index contributed by atoms with van der Waals surface area (Å²) < 4.78 is 47.6. The summed E-state index contributed by atoms with van der Waals surface area (Å²) in [7, 11) is -5.32. The van der Waals surface area contributed by atoms with Crippen LogP contribution in [0.4, 0.5) is 14.5 Å². The highest BCUT2D eigenvalue weighted by Gasteiger charge is 2.52. The van der Waals surface area contributed by atoms with Crippen LogP contribution in [0.25, 0.3) is 10.1 Å². The second-order valence-electron chi connectivity index (χ2n) is 12.4. The Hall–Kier alpha value is -3.23. The van der Waals surface area contributed by atoms with Crippen molar-refractivity contribution in [2.24, 2.45) is 5.41 Å². The standard InChI is InChI=1S/C32H37BrF2N3O8PS/c1-5-46-47(44,45)32(34,35)20-8-13-24-19(17-20)18-25(48-24)28(41)36-27(31(2,3)4)30(43)38-15-6-7-23(38)29(42)37(16-14-26(39)40)22-11-9-21(33)10-12-22/h8-13,17-18,23,27H,5-7,14-16H2,1-4H3,(H,36,41)(H,39,40)(H,44,45)/t23-,27?/m0/s1. The molecule has 4 rings (SSSR count). The summed E-state index contributed by atoms with van der Waals surface area (Å²) in [6.45, 7) is 6.36. The van der Waals surface area contributed by atoms with Gasteiger partial charge in [0.25, 0.3) is 5.91 Å². The third kappa shape index (κ3) is 8.14. The molecule has 3 amide bonds. The first kappa shape index (κ1) is 37.6. The molecular weight excluding hydrogens is 735 g/mol. The number of nitrogens with zero attached hydrogens (tertiary/aromatic N) is 2. The molecule has 48 heavy (non-hydrogen) atoms. The zero-order valence-corrected chi connectivity index (χ0v) is 30.0. The maximum absolute atomic E-state index is 14.9. The Bertz CT molecular complexity index is 1750. The summed E-state index contributed by atoms with van der Waals surface area (Å²) in [5.74, 6) is -2.64. The van der Waals surface area contributed by atoms with E-state index in [1.54, 1.807) is 45.0 Å². The number of carboxylic acid groups (broad SMARTS) is 1. The van der Waals surface area contributed by atoms with Crippen molar-refractivity contribution in [2.45, 2.75) is 64.7 Å². The van der Waals surface area contributed by atoms with Gasteiger partial charge in [-0.1, -0.05) is 42.8 Å². The monoisotopic (exact) mass is 771 g/mol. The first-order chi connectivity index (χ1) is 22.4. The average molecular weight is 773 g/mol. The molecule has 0 radical (unpaired) electrons.